The first-order valence-electron chi connectivity index (χ1n) is 5.32. The molecule has 1 fully saturated rings. The van der Waals surface area contributed by atoms with Crippen LogP contribution in [0.2, 0.25) is 0 Å². The van der Waals surface area contributed by atoms with Gasteiger partial charge in [0, 0.05) is 36.8 Å². The first-order valence-corrected chi connectivity index (χ1v) is 6.11. The lowest BCUT2D eigenvalue weighted by Crippen LogP contribution is -2.30. The van der Waals surface area contributed by atoms with E-state index in [1.807, 2.05) is 18.3 Å². The number of hydrogen-bond acceptors (Lipinski definition) is 3. The summed E-state index contributed by atoms with van der Waals surface area (Å²) >= 11 is 3.38. The molecule has 0 unspecified atom stereocenters. The third-order valence-corrected chi connectivity index (χ3v) is 3.03. The molecule has 1 heterocycles. The number of nitrogens with one attached hydrogen (secondary N) is 1. The zero-order chi connectivity index (χ0) is 10.7. The second kappa shape index (κ2) is 4.94. The highest BCUT2D eigenvalue weighted by atomic mass is 79.9. The average molecular weight is 270 g/mol. The number of rotatable bonds is 5. The van der Waals surface area contributed by atoms with Gasteiger partial charge in [0.15, 0.2) is 0 Å². The van der Waals surface area contributed by atoms with Crippen LogP contribution in [0, 0.1) is 0 Å². The largest absolute Gasteiger partial charge is 0.358 e. The molecule has 0 radical (unpaired) electrons. The van der Waals surface area contributed by atoms with Crippen LogP contribution in [0.15, 0.2) is 22.8 Å². The summed E-state index contributed by atoms with van der Waals surface area (Å²) in [7, 11) is 2.07. The SMILES string of the molecule is CN(CCNC1CC1)c1ccc(Br)cn1. The van der Waals surface area contributed by atoms with Crippen LogP contribution >= 0.6 is 15.9 Å². The molecule has 0 amide bonds. The molecule has 15 heavy (non-hydrogen) atoms. The molecule has 0 spiro atoms. The predicted octanol–water partition coefficient (Wildman–Crippen LogP) is 2.03. The molecule has 0 bridgehead atoms. The number of likely N-dealkylation sites (N-methyl/N-ethyl adjacent to an activating group) is 1. The Labute approximate surface area is 99.0 Å². The molecule has 0 saturated heterocycles. The lowest BCUT2D eigenvalue weighted by molar-refractivity contribution is 0.672. The Kier molecular flexibility index (Phi) is 3.59. The van der Waals surface area contributed by atoms with E-state index in [0.717, 1.165) is 29.4 Å². The number of anilines is 1. The van der Waals surface area contributed by atoms with Gasteiger partial charge in [0.25, 0.3) is 0 Å². The minimum absolute atomic E-state index is 0.788. The quantitative estimate of drug-likeness (QED) is 0.887. The van der Waals surface area contributed by atoms with E-state index in [4.69, 9.17) is 0 Å². The van der Waals surface area contributed by atoms with Crippen molar-refractivity contribution >= 4 is 21.7 Å². The van der Waals surface area contributed by atoms with Crippen molar-refractivity contribution in [3.8, 4) is 0 Å². The Balaban J connectivity index is 1.78. The Bertz CT molecular complexity index is 308. The van der Waals surface area contributed by atoms with Gasteiger partial charge in [-0.15, -0.1) is 0 Å². The first kappa shape index (κ1) is 10.9. The molecule has 82 valence electrons. The third kappa shape index (κ3) is 3.47. The number of aromatic nitrogens is 1. The fourth-order valence-corrected chi connectivity index (χ4v) is 1.67. The predicted molar refractivity (Wildman–Crippen MR) is 66.2 cm³/mol. The molecule has 2 rings (SSSR count). The number of hydrogen-bond donors (Lipinski definition) is 1. The van der Waals surface area contributed by atoms with Crippen molar-refractivity contribution in [2.24, 2.45) is 0 Å². The van der Waals surface area contributed by atoms with Crippen molar-refractivity contribution in [2.75, 3.05) is 25.0 Å². The van der Waals surface area contributed by atoms with Crippen molar-refractivity contribution in [1.29, 1.82) is 0 Å². The molecule has 0 aromatic carbocycles. The van der Waals surface area contributed by atoms with Gasteiger partial charge in [-0.2, -0.15) is 0 Å². The van der Waals surface area contributed by atoms with E-state index in [1.54, 1.807) is 0 Å². The van der Waals surface area contributed by atoms with Crippen LogP contribution in [-0.2, 0) is 0 Å². The molecule has 1 aliphatic carbocycles. The second-order valence-corrected chi connectivity index (χ2v) is 4.90. The van der Waals surface area contributed by atoms with Crippen molar-refractivity contribution in [3.05, 3.63) is 22.8 Å². The molecule has 1 aromatic rings. The number of halogens is 1. The maximum absolute atomic E-state index is 4.34. The molecule has 4 heteroatoms. The summed E-state index contributed by atoms with van der Waals surface area (Å²) in [4.78, 5) is 6.51. The van der Waals surface area contributed by atoms with Crippen molar-refractivity contribution in [2.45, 2.75) is 18.9 Å². The van der Waals surface area contributed by atoms with Gasteiger partial charge in [0.05, 0.1) is 0 Å². The van der Waals surface area contributed by atoms with Crippen molar-refractivity contribution < 1.29 is 0 Å². The normalized spacial score (nSPS) is 15.3. The van der Waals surface area contributed by atoms with Gasteiger partial charge in [-0.1, -0.05) is 0 Å². The van der Waals surface area contributed by atoms with Gasteiger partial charge in [0.1, 0.15) is 5.82 Å². The van der Waals surface area contributed by atoms with Gasteiger partial charge in [-0.25, -0.2) is 4.98 Å². The standard InChI is InChI=1S/C11H16BrN3/c1-15(7-6-13-10-3-4-10)11-5-2-9(12)8-14-11/h2,5,8,10,13H,3-4,6-7H2,1H3. The van der Waals surface area contributed by atoms with E-state index in [0.29, 0.717) is 0 Å². The maximum atomic E-state index is 4.34. The number of pyridine rings is 1. The highest BCUT2D eigenvalue weighted by Crippen LogP contribution is 2.18. The molecule has 0 aliphatic heterocycles. The smallest absolute Gasteiger partial charge is 0.128 e. The minimum Gasteiger partial charge on any atom is -0.358 e. The molecule has 1 saturated carbocycles. The Morgan fingerprint density at radius 3 is 2.93 bits per heavy atom. The molecule has 3 nitrogen and oxygen atoms in total. The van der Waals surface area contributed by atoms with E-state index in [1.165, 1.54) is 12.8 Å². The van der Waals surface area contributed by atoms with Crippen molar-refractivity contribution in [3.63, 3.8) is 0 Å². The summed E-state index contributed by atoms with van der Waals surface area (Å²) in [6.07, 6.45) is 4.53. The Morgan fingerprint density at radius 2 is 2.33 bits per heavy atom. The van der Waals surface area contributed by atoms with Gasteiger partial charge >= 0.3 is 0 Å². The summed E-state index contributed by atoms with van der Waals surface area (Å²) in [5.74, 6) is 1.02. The average Bonchev–Trinajstić information content (AvgIpc) is 3.02. The van der Waals surface area contributed by atoms with Crippen LogP contribution in [-0.4, -0.2) is 31.2 Å². The number of nitrogens with zero attached hydrogens (tertiary/aromatic N) is 2. The maximum Gasteiger partial charge on any atom is 0.128 e. The summed E-state index contributed by atoms with van der Waals surface area (Å²) in [5.41, 5.74) is 0. The fourth-order valence-electron chi connectivity index (χ4n) is 1.43. The topological polar surface area (TPSA) is 28.2 Å². The fraction of sp³-hybridized carbons (Fsp3) is 0.545. The van der Waals surface area contributed by atoms with Gasteiger partial charge in [-0.3, -0.25) is 0 Å². The van der Waals surface area contributed by atoms with E-state index in [-0.39, 0.29) is 0 Å². The van der Waals surface area contributed by atoms with Gasteiger partial charge in [-0.05, 0) is 40.9 Å². The summed E-state index contributed by atoms with van der Waals surface area (Å²) in [6, 6.07) is 4.84. The zero-order valence-electron chi connectivity index (χ0n) is 8.91. The van der Waals surface area contributed by atoms with E-state index < -0.39 is 0 Å². The summed E-state index contributed by atoms with van der Waals surface area (Å²) in [5, 5.41) is 3.49. The van der Waals surface area contributed by atoms with Crippen LogP contribution in [0.1, 0.15) is 12.8 Å². The molecule has 1 aromatic heterocycles. The first-order chi connectivity index (χ1) is 7.25. The highest BCUT2D eigenvalue weighted by molar-refractivity contribution is 9.10. The van der Waals surface area contributed by atoms with E-state index in [9.17, 15) is 0 Å². The summed E-state index contributed by atoms with van der Waals surface area (Å²) in [6.45, 7) is 2.05. The Morgan fingerprint density at radius 1 is 1.53 bits per heavy atom. The lowest BCUT2D eigenvalue weighted by atomic mass is 10.4. The van der Waals surface area contributed by atoms with E-state index in [2.05, 4.69) is 38.2 Å². The highest BCUT2D eigenvalue weighted by Gasteiger charge is 2.19. The van der Waals surface area contributed by atoms with Crippen molar-refractivity contribution in [1.82, 2.24) is 10.3 Å². The van der Waals surface area contributed by atoms with Crippen LogP contribution < -0.4 is 10.2 Å². The Hall–Kier alpha value is -0.610. The molecular weight excluding hydrogens is 254 g/mol. The molecule has 1 aliphatic rings. The van der Waals surface area contributed by atoms with Gasteiger partial charge in [0.2, 0.25) is 0 Å². The zero-order valence-corrected chi connectivity index (χ0v) is 10.5. The van der Waals surface area contributed by atoms with Crippen LogP contribution in [0.3, 0.4) is 0 Å². The lowest BCUT2D eigenvalue weighted by Gasteiger charge is -2.18. The molecule has 1 N–H and O–H groups in total. The third-order valence-electron chi connectivity index (χ3n) is 2.56. The van der Waals surface area contributed by atoms with Crippen LogP contribution in [0.4, 0.5) is 5.82 Å². The van der Waals surface area contributed by atoms with Gasteiger partial charge < -0.3 is 10.2 Å². The van der Waals surface area contributed by atoms with E-state index >= 15 is 0 Å². The molecule has 0 atom stereocenters. The molecular formula is C11H16BrN3. The second-order valence-electron chi connectivity index (χ2n) is 3.98. The van der Waals surface area contributed by atoms with Crippen LogP contribution in [0.25, 0.3) is 0 Å². The summed E-state index contributed by atoms with van der Waals surface area (Å²) < 4.78 is 1.02. The minimum atomic E-state index is 0.788. The van der Waals surface area contributed by atoms with Crippen LogP contribution in [0.5, 0.6) is 0 Å². The monoisotopic (exact) mass is 269 g/mol.